The van der Waals surface area contributed by atoms with E-state index in [1.165, 1.54) is 12.2 Å². The number of cyclic esters (lactones) is 2. The zero-order valence-electron chi connectivity index (χ0n) is 16.4. The molecule has 0 bridgehead atoms. The Kier molecular flexibility index (Phi) is 11.0. The lowest BCUT2D eigenvalue weighted by atomic mass is 10.0. The Bertz CT molecular complexity index is 492. The summed E-state index contributed by atoms with van der Waals surface area (Å²) < 4.78 is 10.6. The molecule has 0 aromatic heterocycles. The highest BCUT2D eigenvalue weighted by molar-refractivity contribution is 5.82. The summed E-state index contributed by atoms with van der Waals surface area (Å²) in [6.07, 6.45) is 1.81. The summed E-state index contributed by atoms with van der Waals surface area (Å²) >= 11 is 0. The van der Waals surface area contributed by atoms with Crippen molar-refractivity contribution >= 4 is 11.9 Å². The van der Waals surface area contributed by atoms with E-state index in [0.29, 0.717) is 0 Å². The van der Waals surface area contributed by atoms with Crippen LogP contribution in [0.3, 0.4) is 0 Å². The van der Waals surface area contributed by atoms with E-state index in [2.05, 4.69) is 0 Å². The Morgan fingerprint density at radius 3 is 1.50 bits per heavy atom. The Morgan fingerprint density at radius 2 is 1.18 bits per heavy atom. The van der Waals surface area contributed by atoms with Crippen LogP contribution in [0.15, 0.2) is 24.3 Å². The van der Waals surface area contributed by atoms with Crippen molar-refractivity contribution in [2.45, 2.75) is 89.0 Å². The summed E-state index contributed by atoms with van der Waals surface area (Å²) in [5, 5.41) is 39.1. The lowest BCUT2D eigenvalue weighted by Gasteiger charge is -2.21. The van der Waals surface area contributed by atoms with E-state index < -0.39 is 48.6 Å². The average molecular weight is 400 g/mol. The molecule has 0 spiro atoms. The molecule has 8 heteroatoms. The van der Waals surface area contributed by atoms with Crippen LogP contribution < -0.4 is 0 Å². The fraction of sp³-hybridized carbons (Fsp3) is 0.700. The first-order valence-corrected chi connectivity index (χ1v) is 9.65. The van der Waals surface area contributed by atoms with Gasteiger partial charge in [-0.1, -0.05) is 0 Å². The van der Waals surface area contributed by atoms with Crippen molar-refractivity contribution in [3.63, 3.8) is 0 Å². The third-order valence-corrected chi connectivity index (χ3v) is 4.25. The molecule has 0 amide bonds. The van der Waals surface area contributed by atoms with Crippen LogP contribution in [0.4, 0.5) is 0 Å². The Labute approximate surface area is 165 Å². The van der Waals surface area contributed by atoms with E-state index in [1.807, 2.05) is 0 Å². The third kappa shape index (κ3) is 11.2. The van der Waals surface area contributed by atoms with E-state index in [9.17, 15) is 30.0 Å². The summed E-state index contributed by atoms with van der Waals surface area (Å²) in [6.45, 7) is 3.14. The maximum atomic E-state index is 12.0. The molecular weight excluding hydrogens is 368 g/mol. The van der Waals surface area contributed by atoms with Crippen LogP contribution in [-0.2, 0) is 19.1 Å². The van der Waals surface area contributed by atoms with Gasteiger partial charge in [-0.3, -0.25) is 0 Å². The molecule has 6 atom stereocenters. The van der Waals surface area contributed by atoms with Crippen LogP contribution in [0.2, 0.25) is 0 Å². The van der Waals surface area contributed by atoms with Gasteiger partial charge in [0, 0.05) is 25.0 Å². The van der Waals surface area contributed by atoms with Gasteiger partial charge in [-0.2, -0.15) is 0 Å². The van der Waals surface area contributed by atoms with Crippen molar-refractivity contribution < 1.29 is 39.5 Å². The molecule has 0 saturated heterocycles. The minimum absolute atomic E-state index is 0.210. The van der Waals surface area contributed by atoms with Gasteiger partial charge in [0.25, 0.3) is 0 Å². The molecule has 4 N–H and O–H groups in total. The van der Waals surface area contributed by atoms with E-state index in [4.69, 9.17) is 9.47 Å². The van der Waals surface area contributed by atoms with Crippen molar-refractivity contribution in [2.24, 2.45) is 0 Å². The molecule has 0 fully saturated rings. The molecule has 0 aromatic rings. The van der Waals surface area contributed by atoms with Crippen LogP contribution in [0.5, 0.6) is 0 Å². The van der Waals surface area contributed by atoms with Gasteiger partial charge in [0.2, 0.25) is 0 Å². The van der Waals surface area contributed by atoms with E-state index in [1.54, 1.807) is 13.8 Å². The third-order valence-electron chi connectivity index (χ3n) is 4.25. The maximum absolute atomic E-state index is 12.0. The zero-order chi connectivity index (χ0) is 21.1. The van der Waals surface area contributed by atoms with Crippen LogP contribution in [0, 0.1) is 0 Å². The van der Waals surface area contributed by atoms with Gasteiger partial charge >= 0.3 is 11.9 Å². The molecule has 0 aromatic carbocycles. The van der Waals surface area contributed by atoms with Crippen molar-refractivity contribution in [3.8, 4) is 0 Å². The van der Waals surface area contributed by atoms with Gasteiger partial charge < -0.3 is 29.9 Å². The first-order valence-electron chi connectivity index (χ1n) is 9.65. The molecule has 1 rings (SSSR count). The molecule has 28 heavy (non-hydrogen) atoms. The van der Waals surface area contributed by atoms with Crippen molar-refractivity contribution in [3.05, 3.63) is 24.3 Å². The number of hydrogen-bond acceptors (Lipinski definition) is 8. The van der Waals surface area contributed by atoms with Crippen LogP contribution >= 0.6 is 0 Å². The summed E-state index contributed by atoms with van der Waals surface area (Å²) in [5.41, 5.74) is 0. The lowest BCUT2D eigenvalue weighted by molar-refractivity contribution is -0.145. The van der Waals surface area contributed by atoms with E-state index in [0.717, 1.165) is 12.2 Å². The number of carbonyl (C=O) groups excluding carboxylic acids is 2. The SMILES string of the molecule is C[C@H](O)CC1CC[C@@H](O)/C=C/C(=O)O[C@H](C[C@H](C)O)CC[C@@H](O)/C=C/C(=O)O1. The van der Waals surface area contributed by atoms with Crippen LogP contribution in [0.25, 0.3) is 0 Å². The van der Waals surface area contributed by atoms with Crippen molar-refractivity contribution in [2.75, 3.05) is 0 Å². The van der Waals surface area contributed by atoms with Gasteiger partial charge in [-0.25, -0.2) is 9.59 Å². The summed E-state index contributed by atoms with van der Waals surface area (Å²) in [5.74, 6) is -1.29. The molecule has 8 nitrogen and oxygen atoms in total. The second kappa shape index (κ2) is 12.7. The number of ether oxygens (including phenoxy) is 2. The summed E-state index contributed by atoms with van der Waals surface area (Å²) in [6, 6.07) is 0. The second-order valence-electron chi connectivity index (χ2n) is 7.29. The molecule has 160 valence electrons. The highest BCUT2D eigenvalue weighted by Gasteiger charge is 2.20. The molecule has 1 unspecified atom stereocenters. The Morgan fingerprint density at radius 1 is 0.821 bits per heavy atom. The van der Waals surface area contributed by atoms with Crippen LogP contribution in [-0.4, -0.2) is 69.0 Å². The van der Waals surface area contributed by atoms with Gasteiger partial charge in [0.05, 0.1) is 24.4 Å². The minimum atomic E-state index is -0.941. The fourth-order valence-electron chi connectivity index (χ4n) is 2.90. The Hall–Kier alpha value is -1.74. The molecule has 0 aliphatic carbocycles. The zero-order valence-corrected chi connectivity index (χ0v) is 16.4. The molecule has 0 saturated carbocycles. The fourth-order valence-corrected chi connectivity index (χ4v) is 2.90. The number of carbonyl (C=O) groups is 2. The molecule has 0 radical (unpaired) electrons. The smallest absolute Gasteiger partial charge is 0.330 e. The van der Waals surface area contributed by atoms with Gasteiger partial charge in [-0.05, 0) is 51.7 Å². The first-order chi connectivity index (χ1) is 13.2. The van der Waals surface area contributed by atoms with Gasteiger partial charge in [0.1, 0.15) is 12.2 Å². The standard InChI is InChI=1S/C20H32O8/c1-13(21)11-17-7-3-15(23)6-10-20(26)28-18(12-14(2)22)8-4-16(24)5-9-19(25)27-17/h5-6,9-10,13-18,21-24H,3-4,7-8,11-12H2,1-2H3/b9-5+,10-6+/t13-,14-,15+,16+,17-,18?/m0/s1. The van der Waals surface area contributed by atoms with Crippen molar-refractivity contribution in [1.29, 1.82) is 0 Å². The number of esters is 2. The van der Waals surface area contributed by atoms with E-state index >= 15 is 0 Å². The molecule has 1 aliphatic heterocycles. The normalized spacial score (nSPS) is 32.6. The van der Waals surface area contributed by atoms with Gasteiger partial charge in [-0.15, -0.1) is 0 Å². The largest absolute Gasteiger partial charge is 0.459 e. The molecule has 1 aliphatic rings. The van der Waals surface area contributed by atoms with Crippen LogP contribution in [0.1, 0.15) is 52.4 Å². The maximum Gasteiger partial charge on any atom is 0.330 e. The molecule has 1 heterocycles. The molecular formula is C20H32O8. The predicted molar refractivity (Wildman–Crippen MR) is 101 cm³/mol. The van der Waals surface area contributed by atoms with E-state index in [-0.39, 0.29) is 38.5 Å². The minimum Gasteiger partial charge on any atom is -0.459 e. The number of hydrogen-bond donors (Lipinski definition) is 4. The Balaban J connectivity index is 2.89. The first kappa shape index (κ1) is 24.3. The summed E-state index contributed by atoms with van der Waals surface area (Å²) in [7, 11) is 0. The lowest BCUT2D eigenvalue weighted by Crippen LogP contribution is -2.25. The number of aliphatic hydroxyl groups is 4. The highest BCUT2D eigenvalue weighted by atomic mass is 16.5. The monoisotopic (exact) mass is 400 g/mol. The summed E-state index contributed by atoms with van der Waals surface area (Å²) in [4.78, 5) is 23.9. The van der Waals surface area contributed by atoms with Gasteiger partial charge in [0.15, 0.2) is 0 Å². The predicted octanol–water partition coefficient (Wildman–Crippen LogP) is 0.760. The second-order valence-corrected chi connectivity index (χ2v) is 7.29. The average Bonchev–Trinajstić information content (AvgIpc) is 2.59. The van der Waals surface area contributed by atoms with Crippen molar-refractivity contribution in [1.82, 2.24) is 0 Å². The number of aliphatic hydroxyl groups excluding tert-OH is 4. The quantitative estimate of drug-likeness (QED) is 0.508. The number of rotatable bonds is 4. The highest BCUT2D eigenvalue weighted by Crippen LogP contribution is 2.16. The topological polar surface area (TPSA) is 134 Å².